The van der Waals surface area contributed by atoms with Gasteiger partial charge in [0.05, 0.1) is 16.2 Å². The lowest BCUT2D eigenvalue weighted by Gasteiger charge is -2.35. The largest absolute Gasteiger partial charge is 0.352 e. The predicted molar refractivity (Wildman–Crippen MR) is 111 cm³/mol. The lowest BCUT2D eigenvalue weighted by Crippen LogP contribution is -2.46. The molecule has 0 radical (unpaired) electrons. The zero-order chi connectivity index (χ0) is 19.6. The lowest BCUT2D eigenvalue weighted by atomic mass is 9.78. The number of aromatic nitrogens is 2. The van der Waals surface area contributed by atoms with Crippen LogP contribution in [0.3, 0.4) is 0 Å². The Morgan fingerprint density at radius 3 is 2.81 bits per heavy atom. The molecule has 1 aliphatic carbocycles. The second-order valence-corrected chi connectivity index (χ2v) is 8.91. The maximum Gasteiger partial charge on any atom is 0.262 e. The summed E-state index contributed by atoms with van der Waals surface area (Å²) in [5, 5.41) is 4.15. The second-order valence-electron chi connectivity index (χ2n) is 7.60. The first-order chi connectivity index (χ1) is 12.9. The molecule has 1 aliphatic rings. The Labute approximate surface area is 164 Å². The summed E-state index contributed by atoms with van der Waals surface area (Å²) >= 11 is 1.36. The number of fused-ring (bicyclic) bond motifs is 1. The van der Waals surface area contributed by atoms with Gasteiger partial charge in [0.1, 0.15) is 0 Å². The molecule has 0 spiro atoms. The Morgan fingerprint density at radius 2 is 2.07 bits per heavy atom. The molecule has 1 saturated carbocycles. The van der Waals surface area contributed by atoms with E-state index in [0.717, 1.165) is 6.42 Å². The van der Waals surface area contributed by atoms with Crippen LogP contribution in [0.4, 0.5) is 0 Å². The molecule has 0 bridgehead atoms. The van der Waals surface area contributed by atoms with Crippen LogP contribution in [0.1, 0.15) is 47.0 Å². The van der Waals surface area contributed by atoms with Crippen LogP contribution >= 0.6 is 11.8 Å². The number of para-hydroxylation sites is 1. The molecular weight excluding hydrogens is 358 g/mol. The van der Waals surface area contributed by atoms with Crippen molar-refractivity contribution < 1.29 is 4.79 Å². The van der Waals surface area contributed by atoms with E-state index in [4.69, 9.17) is 0 Å². The number of thioether (sulfide) groups is 1. The van der Waals surface area contributed by atoms with E-state index < -0.39 is 0 Å². The third-order valence-corrected chi connectivity index (χ3v) is 6.92. The minimum absolute atomic E-state index is 0.0241. The fourth-order valence-electron chi connectivity index (χ4n) is 3.81. The van der Waals surface area contributed by atoms with Crippen molar-refractivity contribution >= 4 is 28.6 Å². The molecule has 0 unspecified atom stereocenters. The maximum atomic E-state index is 12.8. The van der Waals surface area contributed by atoms with Crippen LogP contribution in [-0.4, -0.2) is 26.8 Å². The quantitative estimate of drug-likeness (QED) is 0.625. The number of amides is 1. The molecule has 1 N–H and O–H groups in total. The number of carbonyl (C=O) groups excluding carboxylic acids is 1. The first-order valence-corrected chi connectivity index (χ1v) is 10.8. The van der Waals surface area contributed by atoms with Gasteiger partial charge in [-0.3, -0.25) is 14.2 Å². The molecule has 6 heteroatoms. The molecule has 2 aromatic rings. The van der Waals surface area contributed by atoms with Crippen molar-refractivity contribution in [2.75, 3.05) is 0 Å². The highest BCUT2D eigenvalue weighted by Crippen LogP contribution is 2.30. The number of nitrogens with zero attached hydrogens (tertiary/aromatic N) is 2. The molecule has 0 aliphatic heterocycles. The summed E-state index contributed by atoms with van der Waals surface area (Å²) in [7, 11) is 0. The van der Waals surface area contributed by atoms with Crippen molar-refractivity contribution in [3.05, 3.63) is 34.6 Å². The van der Waals surface area contributed by atoms with Crippen LogP contribution in [0.25, 0.3) is 10.9 Å². The third kappa shape index (κ3) is 4.21. The molecule has 1 fully saturated rings. The van der Waals surface area contributed by atoms with Crippen LogP contribution < -0.4 is 10.9 Å². The van der Waals surface area contributed by atoms with Gasteiger partial charge in [-0.05, 0) is 44.2 Å². The van der Waals surface area contributed by atoms with E-state index in [2.05, 4.69) is 24.1 Å². The van der Waals surface area contributed by atoms with Crippen LogP contribution in [0.15, 0.2) is 34.2 Å². The summed E-state index contributed by atoms with van der Waals surface area (Å²) in [6, 6.07) is 7.60. The molecule has 1 heterocycles. The topological polar surface area (TPSA) is 64.0 Å². The Bertz CT molecular complexity index is 879. The normalized spacial score (nSPS) is 23.9. The SMILES string of the molecule is CCn1c(S[C@H](C)C(=O)N[C@@H]2CCC[C@H](C)[C@@H]2C)nc2ccccc2c1=O. The third-order valence-electron chi connectivity index (χ3n) is 5.83. The van der Waals surface area contributed by atoms with Gasteiger partial charge in [0.15, 0.2) is 5.16 Å². The second kappa shape index (κ2) is 8.46. The maximum absolute atomic E-state index is 12.8. The Kier molecular flexibility index (Phi) is 6.25. The van der Waals surface area contributed by atoms with Crippen LogP contribution in [0.5, 0.6) is 0 Å². The van der Waals surface area contributed by atoms with Crippen molar-refractivity contribution in [2.45, 2.75) is 70.0 Å². The Hall–Kier alpha value is -1.82. The van der Waals surface area contributed by atoms with Crippen molar-refractivity contribution in [3.8, 4) is 0 Å². The van der Waals surface area contributed by atoms with E-state index in [9.17, 15) is 9.59 Å². The van der Waals surface area contributed by atoms with Gasteiger partial charge in [-0.2, -0.15) is 0 Å². The summed E-state index contributed by atoms with van der Waals surface area (Å²) in [4.78, 5) is 30.2. The zero-order valence-corrected chi connectivity index (χ0v) is 17.4. The molecular formula is C21H29N3O2S. The Balaban J connectivity index is 1.78. The molecule has 4 atom stereocenters. The van der Waals surface area contributed by atoms with E-state index in [1.807, 2.05) is 32.0 Å². The van der Waals surface area contributed by atoms with Gasteiger partial charge < -0.3 is 5.32 Å². The molecule has 1 amide bonds. The highest BCUT2D eigenvalue weighted by atomic mass is 32.2. The van der Waals surface area contributed by atoms with Gasteiger partial charge in [-0.15, -0.1) is 0 Å². The van der Waals surface area contributed by atoms with Gasteiger partial charge in [0.25, 0.3) is 5.56 Å². The predicted octanol–water partition coefficient (Wildman–Crippen LogP) is 3.84. The summed E-state index contributed by atoms with van der Waals surface area (Å²) in [5.74, 6) is 1.16. The number of hydrogen-bond donors (Lipinski definition) is 1. The molecule has 146 valence electrons. The van der Waals surface area contributed by atoms with Gasteiger partial charge in [-0.25, -0.2) is 4.98 Å². The van der Waals surface area contributed by atoms with Gasteiger partial charge >= 0.3 is 0 Å². The number of hydrogen-bond acceptors (Lipinski definition) is 4. The molecule has 27 heavy (non-hydrogen) atoms. The van der Waals surface area contributed by atoms with Crippen LogP contribution in [-0.2, 0) is 11.3 Å². The van der Waals surface area contributed by atoms with Crippen molar-refractivity contribution in [3.63, 3.8) is 0 Å². The lowest BCUT2D eigenvalue weighted by molar-refractivity contribution is -0.121. The fourth-order valence-corrected chi connectivity index (χ4v) is 4.80. The highest BCUT2D eigenvalue weighted by molar-refractivity contribution is 8.00. The van der Waals surface area contributed by atoms with E-state index in [1.54, 1.807) is 10.6 Å². The number of nitrogens with one attached hydrogen (secondary N) is 1. The van der Waals surface area contributed by atoms with Crippen molar-refractivity contribution in [1.82, 2.24) is 14.9 Å². The van der Waals surface area contributed by atoms with Crippen molar-refractivity contribution in [1.29, 1.82) is 0 Å². The van der Waals surface area contributed by atoms with E-state index in [0.29, 0.717) is 34.4 Å². The van der Waals surface area contributed by atoms with Crippen LogP contribution in [0, 0.1) is 11.8 Å². The first kappa shape index (κ1) is 19.9. The smallest absolute Gasteiger partial charge is 0.262 e. The minimum atomic E-state index is -0.305. The monoisotopic (exact) mass is 387 g/mol. The van der Waals surface area contributed by atoms with Gasteiger partial charge in [-0.1, -0.05) is 50.6 Å². The summed E-state index contributed by atoms with van der Waals surface area (Å²) in [6.45, 7) is 8.84. The number of carbonyl (C=O) groups is 1. The van der Waals surface area contributed by atoms with E-state index >= 15 is 0 Å². The fraction of sp³-hybridized carbons (Fsp3) is 0.571. The van der Waals surface area contributed by atoms with Gasteiger partial charge in [0.2, 0.25) is 5.91 Å². The van der Waals surface area contributed by atoms with Crippen molar-refractivity contribution in [2.24, 2.45) is 11.8 Å². The van der Waals surface area contributed by atoms with E-state index in [-0.39, 0.29) is 22.8 Å². The van der Waals surface area contributed by atoms with E-state index in [1.165, 1.54) is 24.6 Å². The Morgan fingerprint density at radius 1 is 1.33 bits per heavy atom. The molecule has 5 nitrogen and oxygen atoms in total. The molecule has 3 rings (SSSR count). The summed E-state index contributed by atoms with van der Waals surface area (Å²) < 4.78 is 1.65. The summed E-state index contributed by atoms with van der Waals surface area (Å²) in [5.41, 5.74) is 0.630. The highest BCUT2D eigenvalue weighted by Gasteiger charge is 2.29. The minimum Gasteiger partial charge on any atom is -0.352 e. The van der Waals surface area contributed by atoms with Crippen LogP contribution in [0.2, 0.25) is 0 Å². The zero-order valence-electron chi connectivity index (χ0n) is 16.6. The van der Waals surface area contributed by atoms with Gasteiger partial charge in [0, 0.05) is 12.6 Å². The first-order valence-electron chi connectivity index (χ1n) is 9.89. The molecule has 1 aromatic heterocycles. The molecule has 1 aromatic carbocycles. The summed E-state index contributed by atoms with van der Waals surface area (Å²) in [6.07, 6.45) is 3.45. The standard InChI is InChI=1S/C21H29N3O2S/c1-5-24-20(26)16-10-6-7-11-18(16)23-21(24)27-15(4)19(25)22-17-12-8-9-13(2)14(17)3/h6-7,10-11,13-15,17H,5,8-9,12H2,1-4H3,(H,22,25)/t13-,14-,15+,17+/m0/s1. The number of benzene rings is 1. The average Bonchev–Trinajstić information content (AvgIpc) is 2.65. The average molecular weight is 388 g/mol. The molecule has 0 saturated heterocycles. The number of rotatable bonds is 5.